The third kappa shape index (κ3) is 3.64. The molecule has 0 spiro atoms. The topological polar surface area (TPSA) is 34.9 Å². The number of aromatic nitrogens is 2. The van der Waals surface area contributed by atoms with Crippen LogP contribution in [0.1, 0.15) is 12.8 Å². The molecule has 3 nitrogen and oxygen atoms in total. The van der Waals surface area contributed by atoms with Crippen LogP contribution in [0.5, 0.6) is 0 Å². The van der Waals surface area contributed by atoms with Gasteiger partial charge in [-0.2, -0.15) is 4.98 Å². The summed E-state index contributed by atoms with van der Waals surface area (Å²) < 4.78 is 14.7. The molecule has 1 aromatic heterocycles. The molecule has 1 heterocycles. The first-order chi connectivity index (χ1) is 9.20. The summed E-state index contributed by atoms with van der Waals surface area (Å²) in [7, 11) is 0. The average Bonchev–Trinajstić information content (AvgIpc) is 2.41. The van der Waals surface area contributed by atoms with E-state index in [9.17, 15) is 9.18 Å². The summed E-state index contributed by atoms with van der Waals surface area (Å²) in [5.41, 5.74) is 0.763. The van der Waals surface area contributed by atoms with Gasteiger partial charge in [0.25, 0.3) is 0 Å². The van der Waals surface area contributed by atoms with E-state index < -0.39 is 0 Å². The van der Waals surface area contributed by atoms with Gasteiger partial charge < -0.3 is 0 Å². The Morgan fingerprint density at radius 3 is 2.79 bits per heavy atom. The maximum atomic E-state index is 13.1. The average molecular weight is 281 g/mol. The molecule has 0 atom stereocenters. The van der Waals surface area contributed by atoms with Crippen molar-refractivity contribution in [3.63, 3.8) is 0 Å². The molecule has 100 valence electrons. The Balaban J connectivity index is 2.21. The van der Waals surface area contributed by atoms with Gasteiger partial charge >= 0.3 is 5.69 Å². The summed E-state index contributed by atoms with van der Waals surface area (Å²) in [6.07, 6.45) is 3.38. The van der Waals surface area contributed by atoms with Crippen molar-refractivity contribution < 1.29 is 4.39 Å². The van der Waals surface area contributed by atoms with E-state index in [2.05, 4.69) is 4.98 Å². The highest BCUT2D eigenvalue weighted by atomic mass is 35.5. The molecule has 0 bridgehead atoms. The first-order valence-corrected chi connectivity index (χ1v) is 6.63. The summed E-state index contributed by atoms with van der Waals surface area (Å²) in [6, 6.07) is 7.76. The summed E-state index contributed by atoms with van der Waals surface area (Å²) in [4.78, 5) is 15.8. The zero-order valence-electron chi connectivity index (χ0n) is 10.4. The molecule has 0 fully saturated rings. The Morgan fingerprint density at radius 2 is 2.11 bits per heavy atom. The fraction of sp³-hybridized carbons (Fsp3) is 0.286. The van der Waals surface area contributed by atoms with Crippen LogP contribution in [0, 0.1) is 5.82 Å². The second-order valence-corrected chi connectivity index (χ2v) is 4.57. The molecule has 0 saturated carbocycles. The molecule has 1 aromatic carbocycles. The number of nitrogens with zero attached hydrogens (tertiary/aromatic N) is 2. The van der Waals surface area contributed by atoms with Crippen LogP contribution in [0.4, 0.5) is 4.39 Å². The van der Waals surface area contributed by atoms with Gasteiger partial charge in [-0.15, -0.1) is 11.6 Å². The van der Waals surface area contributed by atoms with E-state index >= 15 is 0 Å². The van der Waals surface area contributed by atoms with Gasteiger partial charge in [0.1, 0.15) is 5.82 Å². The quantitative estimate of drug-likeness (QED) is 0.623. The molecule has 0 aliphatic rings. The molecular weight excluding hydrogens is 267 g/mol. The smallest absolute Gasteiger partial charge is 0.299 e. The van der Waals surface area contributed by atoms with Crippen LogP contribution in [0.3, 0.4) is 0 Å². The van der Waals surface area contributed by atoms with Gasteiger partial charge in [0.2, 0.25) is 0 Å². The summed E-state index contributed by atoms with van der Waals surface area (Å²) in [5, 5.41) is 0. The van der Waals surface area contributed by atoms with Crippen molar-refractivity contribution >= 4 is 11.6 Å². The number of aryl methyl sites for hydroxylation is 1. The summed E-state index contributed by atoms with van der Waals surface area (Å²) in [6.45, 7) is 0.599. The number of benzene rings is 1. The van der Waals surface area contributed by atoms with Crippen molar-refractivity contribution in [2.24, 2.45) is 0 Å². The predicted molar refractivity (Wildman–Crippen MR) is 73.8 cm³/mol. The molecule has 2 aromatic rings. The van der Waals surface area contributed by atoms with Crippen molar-refractivity contribution in [2.45, 2.75) is 19.4 Å². The molecular formula is C14H14ClFN2O. The highest BCUT2D eigenvalue weighted by Gasteiger charge is 2.03. The molecule has 0 unspecified atom stereocenters. The van der Waals surface area contributed by atoms with Crippen LogP contribution in [0.15, 0.2) is 41.3 Å². The second kappa shape index (κ2) is 6.48. The first kappa shape index (κ1) is 13.7. The number of unbranched alkanes of at least 4 members (excludes halogenated alkanes) is 1. The van der Waals surface area contributed by atoms with E-state index in [1.807, 2.05) is 0 Å². The minimum atomic E-state index is -0.342. The third-order valence-corrected chi connectivity index (χ3v) is 3.04. The molecule has 19 heavy (non-hydrogen) atoms. The highest BCUT2D eigenvalue weighted by Crippen LogP contribution is 2.15. The largest absolute Gasteiger partial charge is 0.348 e. The number of halogens is 2. The number of rotatable bonds is 5. The Labute approximate surface area is 115 Å². The monoisotopic (exact) mass is 280 g/mol. The van der Waals surface area contributed by atoms with Gasteiger partial charge in [-0.05, 0) is 31.0 Å². The molecule has 0 amide bonds. The van der Waals surface area contributed by atoms with Crippen LogP contribution in [-0.4, -0.2) is 15.4 Å². The van der Waals surface area contributed by atoms with E-state index in [-0.39, 0.29) is 11.5 Å². The Bertz CT molecular complexity index is 612. The van der Waals surface area contributed by atoms with Crippen LogP contribution in [-0.2, 0) is 6.54 Å². The number of hydrogen-bond donors (Lipinski definition) is 0. The van der Waals surface area contributed by atoms with Gasteiger partial charge in [-0.3, -0.25) is 4.57 Å². The lowest BCUT2D eigenvalue weighted by molar-refractivity contribution is 0.601. The molecule has 0 aliphatic carbocycles. The molecule has 0 radical (unpaired) electrons. The Hall–Kier alpha value is -1.68. The van der Waals surface area contributed by atoms with Gasteiger partial charge in [-0.1, -0.05) is 12.1 Å². The van der Waals surface area contributed by atoms with Crippen molar-refractivity contribution in [1.82, 2.24) is 9.55 Å². The summed E-state index contributed by atoms with van der Waals surface area (Å²) in [5.74, 6) is 0.245. The van der Waals surface area contributed by atoms with E-state index in [1.54, 1.807) is 24.4 Å². The molecule has 0 aliphatic heterocycles. The normalized spacial score (nSPS) is 10.6. The molecule has 0 N–H and O–H groups in total. The lowest BCUT2D eigenvalue weighted by Gasteiger charge is -2.06. The fourth-order valence-electron chi connectivity index (χ4n) is 1.78. The van der Waals surface area contributed by atoms with Crippen LogP contribution < -0.4 is 5.69 Å². The fourth-order valence-corrected chi connectivity index (χ4v) is 1.97. The van der Waals surface area contributed by atoms with Gasteiger partial charge in [0.15, 0.2) is 0 Å². The minimum absolute atomic E-state index is 0.323. The second-order valence-electron chi connectivity index (χ2n) is 4.20. The maximum absolute atomic E-state index is 13.1. The SMILES string of the molecule is O=c1nc(-c2cccc(F)c2)ccn1CCCCCl. The standard InChI is InChI=1S/C14H14ClFN2O/c15-7-1-2-8-18-9-6-13(17-14(18)19)11-4-3-5-12(16)10-11/h3-6,9-10H,1-2,7-8H2. The predicted octanol–water partition coefficient (Wildman–Crippen LogP) is 3.07. The van der Waals surface area contributed by atoms with Crippen molar-refractivity contribution in [2.75, 3.05) is 5.88 Å². The van der Waals surface area contributed by atoms with Crippen molar-refractivity contribution in [3.05, 3.63) is 52.8 Å². The highest BCUT2D eigenvalue weighted by molar-refractivity contribution is 6.17. The van der Waals surface area contributed by atoms with Crippen LogP contribution >= 0.6 is 11.6 Å². The number of alkyl halides is 1. The van der Waals surface area contributed by atoms with Crippen molar-refractivity contribution in [1.29, 1.82) is 0 Å². The lowest BCUT2D eigenvalue weighted by atomic mass is 10.1. The third-order valence-electron chi connectivity index (χ3n) is 2.78. The number of hydrogen-bond acceptors (Lipinski definition) is 2. The van der Waals surface area contributed by atoms with Gasteiger partial charge in [0, 0.05) is 24.2 Å². The van der Waals surface area contributed by atoms with Crippen LogP contribution in [0.2, 0.25) is 0 Å². The molecule has 0 saturated heterocycles. The van der Waals surface area contributed by atoms with E-state index in [4.69, 9.17) is 11.6 Å². The Morgan fingerprint density at radius 1 is 1.26 bits per heavy atom. The van der Waals surface area contributed by atoms with E-state index in [0.29, 0.717) is 23.7 Å². The maximum Gasteiger partial charge on any atom is 0.348 e. The van der Waals surface area contributed by atoms with Crippen molar-refractivity contribution in [3.8, 4) is 11.3 Å². The summed E-state index contributed by atoms with van der Waals surface area (Å²) >= 11 is 5.59. The van der Waals surface area contributed by atoms with Gasteiger partial charge in [0.05, 0.1) is 5.69 Å². The first-order valence-electron chi connectivity index (χ1n) is 6.10. The zero-order valence-corrected chi connectivity index (χ0v) is 11.1. The van der Waals surface area contributed by atoms with Gasteiger partial charge in [-0.25, -0.2) is 9.18 Å². The molecule has 2 rings (SSSR count). The molecule has 5 heteroatoms. The minimum Gasteiger partial charge on any atom is -0.299 e. The van der Waals surface area contributed by atoms with Crippen LogP contribution in [0.25, 0.3) is 11.3 Å². The Kier molecular flexibility index (Phi) is 4.68. The zero-order chi connectivity index (χ0) is 13.7. The van der Waals surface area contributed by atoms with E-state index in [0.717, 1.165) is 12.8 Å². The lowest BCUT2D eigenvalue weighted by Crippen LogP contribution is -2.22. The van der Waals surface area contributed by atoms with E-state index in [1.165, 1.54) is 16.7 Å².